The van der Waals surface area contributed by atoms with Gasteiger partial charge in [0.25, 0.3) is 0 Å². The Labute approximate surface area is 138 Å². The molecule has 1 saturated heterocycles. The van der Waals surface area contributed by atoms with Gasteiger partial charge in [-0.2, -0.15) is 0 Å². The first-order chi connectivity index (χ1) is 9.67. The van der Waals surface area contributed by atoms with Crippen LogP contribution >= 0.6 is 34.8 Å². The third kappa shape index (κ3) is 2.94. The third-order valence-corrected chi connectivity index (χ3v) is 5.32. The summed E-state index contributed by atoms with van der Waals surface area (Å²) < 4.78 is 4.39. The molecule has 2 aromatic rings. The average molecular weight is 401 g/mol. The highest BCUT2D eigenvalue weighted by Gasteiger charge is 2.19. The van der Waals surface area contributed by atoms with Gasteiger partial charge in [0.15, 0.2) is 4.77 Å². The molecular weight excluding hydrogens is 381 g/mol. The molecule has 0 aliphatic carbocycles. The molecule has 0 amide bonds. The Morgan fingerprint density at radius 3 is 2.80 bits per heavy atom. The van der Waals surface area contributed by atoms with Crippen molar-refractivity contribution >= 4 is 45.8 Å². The van der Waals surface area contributed by atoms with Gasteiger partial charge < -0.3 is 14.5 Å². The molecule has 0 saturated carbocycles. The van der Waals surface area contributed by atoms with Gasteiger partial charge >= 0.3 is 0 Å². The lowest BCUT2D eigenvalue weighted by atomic mass is 9.97. The predicted molar refractivity (Wildman–Crippen MR) is 94.7 cm³/mol. The molecule has 5 heteroatoms. The number of halogens is 1. The first-order valence-electron chi connectivity index (χ1n) is 7.28. The molecule has 0 atom stereocenters. The lowest BCUT2D eigenvalue weighted by Gasteiger charge is -2.31. The van der Waals surface area contributed by atoms with E-state index in [4.69, 9.17) is 12.2 Å². The van der Waals surface area contributed by atoms with Crippen LogP contribution in [0.15, 0.2) is 18.2 Å². The second-order valence-electron chi connectivity index (χ2n) is 5.58. The molecule has 108 valence electrons. The largest absolute Gasteiger partial charge is 0.331 e. The SMILES string of the molecule is CCN1CCC(Cn2c(=S)[nH]c3cc(I)ccc32)CC1. The van der Waals surface area contributed by atoms with Crippen LogP contribution in [0.5, 0.6) is 0 Å². The van der Waals surface area contributed by atoms with Crippen LogP contribution in [0.25, 0.3) is 11.0 Å². The van der Waals surface area contributed by atoms with Crippen LogP contribution in [0.2, 0.25) is 0 Å². The van der Waals surface area contributed by atoms with Crippen molar-refractivity contribution in [2.45, 2.75) is 26.3 Å². The van der Waals surface area contributed by atoms with Crippen LogP contribution in [0.4, 0.5) is 0 Å². The number of H-pyrrole nitrogens is 1. The minimum Gasteiger partial charge on any atom is -0.331 e. The van der Waals surface area contributed by atoms with Crippen molar-refractivity contribution in [1.29, 1.82) is 0 Å². The summed E-state index contributed by atoms with van der Waals surface area (Å²) in [7, 11) is 0. The highest BCUT2D eigenvalue weighted by molar-refractivity contribution is 14.1. The summed E-state index contributed by atoms with van der Waals surface area (Å²) in [6.07, 6.45) is 2.57. The normalized spacial score (nSPS) is 17.9. The number of rotatable bonds is 3. The number of imidazole rings is 1. The van der Waals surface area contributed by atoms with Crippen molar-refractivity contribution in [2.75, 3.05) is 19.6 Å². The summed E-state index contributed by atoms with van der Waals surface area (Å²) in [6, 6.07) is 6.51. The molecule has 1 fully saturated rings. The van der Waals surface area contributed by atoms with E-state index in [0.29, 0.717) is 0 Å². The summed E-state index contributed by atoms with van der Waals surface area (Å²) in [5.41, 5.74) is 2.40. The zero-order chi connectivity index (χ0) is 14.1. The minimum absolute atomic E-state index is 0.753. The van der Waals surface area contributed by atoms with Gasteiger partial charge in [-0.05, 0) is 91.4 Å². The number of nitrogens with zero attached hydrogens (tertiary/aromatic N) is 2. The zero-order valence-corrected chi connectivity index (χ0v) is 14.7. The first-order valence-corrected chi connectivity index (χ1v) is 8.76. The van der Waals surface area contributed by atoms with Crippen LogP contribution in [0, 0.1) is 14.3 Å². The second kappa shape index (κ2) is 6.15. The number of hydrogen-bond acceptors (Lipinski definition) is 2. The molecule has 2 heterocycles. The number of hydrogen-bond donors (Lipinski definition) is 1. The Balaban J connectivity index is 1.81. The van der Waals surface area contributed by atoms with Gasteiger partial charge in [0.05, 0.1) is 11.0 Å². The molecule has 3 rings (SSSR count). The van der Waals surface area contributed by atoms with Gasteiger partial charge in [-0.15, -0.1) is 0 Å². The molecule has 1 aliphatic rings. The van der Waals surface area contributed by atoms with Crippen LogP contribution in [0.1, 0.15) is 19.8 Å². The topological polar surface area (TPSA) is 24.0 Å². The standard InChI is InChI=1S/C15H20IN3S/c1-2-18-7-5-11(6-8-18)10-19-14-4-3-12(16)9-13(14)17-15(19)20/h3-4,9,11H,2,5-8,10H2,1H3,(H,17,20). The summed E-state index contributed by atoms with van der Waals surface area (Å²) >= 11 is 7.85. The highest BCUT2D eigenvalue weighted by atomic mass is 127. The number of aromatic amines is 1. The number of aromatic nitrogens is 2. The van der Waals surface area contributed by atoms with Gasteiger partial charge in [0.1, 0.15) is 0 Å². The van der Waals surface area contributed by atoms with E-state index >= 15 is 0 Å². The molecule has 0 unspecified atom stereocenters. The Bertz CT molecular complexity index is 653. The molecule has 1 aliphatic heterocycles. The fraction of sp³-hybridized carbons (Fsp3) is 0.533. The van der Waals surface area contributed by atoms with Crippen LogP contribution in [-0.2, 0) is 6.54 Å². The van der Waals surface area contributed by atoms with Gasteiger partial charge in [0.2, 0.25) is 0 Å². The van der Waals surface area contributed by atoms with E-state index in [2.05, 4.69) is 62.2 Å². The Morgan fingerprint density at radius 2 is 2.10 bits per heavy atom. The summed E-state index contributed by atoms with van der Waals surface area (Å²) in [5.74, 6) is 0.753. The summed E-state index contributed by atoms with van der Waals surface area (Å²) in [4.78, 5) is 5.88. The van der Waals surface area contributed by atoms with E-state index in [1.54, 1.807) is 0 Å². The van der Waals surface area contributed by atoms with Crippen molar-refractivity contribution in [2.24, 2.45) is 5.92 Å². The number of likely N-dealkylation sites (tertiary alicyclic amines) is 1. The maximum Gasteiger partial charge on any atom is 0.178 e. The van der Waals surface area contributed by atoms with Crippen molar-refractivity contribution in [3.8, 4) is 0 Å². The molecule has 1 N–H and O–H groups in total. The maximum absolute atomic E-state index is 5.51. The minimum atomic E-state index is 0.753. The summed E-state index contributed by atoms with van der Waals surface area (Å²) in [5, 5.41) is 0. The van der Waals surface area contributed by atoms with Crippen LogP contribution < -0.4 is 0 Å². The van der Waals surface area contributed by atoms with E-state index in [0.717, 1.165) is 22.8 Å². The van der Waals surface area contributed by atoms with Crippen LogP contribution in [-0.4, -0.2) is 34.1 Å². The van der Waals surface area contributed by atoms with Crippen molar-refractivity contribution < 1.29 is 0 Å². The third-order valence-electron chi connectivity index (χ3n) is 4.33. The number of nitrogens with one attached hydrogen (secondary N) is 1. The first kappa shape index (κ1) is 14.5. The predicted octanol–water partition coefficient (Wildman–Crippen LogP) is 4.04. The average Bonchev–Trinajstić information content (AvgIpc) is 2.75. The van der Waals surface area contributed by atoms with Crippen molar-refractivity contribution in [3.05, 3.63) is 26.5 Å². The molecule has 3 nitrogen and oxygen atoms in total. The molecular formula is C15H20IN3S. The summed E-state index contributed by atoms with van der Waals surface area (Å²) in [6.45, 7) is 6.94. The monoisotopic (exact) mass is 401 g/mol. The van der Waals surface area contributed by atoms with Crippen molar-refractivity contribution in [3.63, 3.8) is 0 Å². The Kier molecular flexibility index (Phi) is 4.47. The van der Waals surface area contributed by atoms with Gasteiger partial charge in [-0.25, -0.2) is 0 Å². The lowest BCUT2D eigenvalue weighted by Crippen LogP contribution is -2.34. The van der Waals surface area contributed by atoms with E-state index in [-0.39, 0.29) is 0 Å². The molecule has 0 radical (unpaired) electrons. The Hall–Kier alpha value is -0.400. The molecule has 1 aromatic heterocycles. The van der Waals surface area contributed by atoms with E-state index < -0.39 is 0 Å². The highest BCUT2D eigenvalue weighted by Crippen LogP contribution is 2.23. The quantitative estimate of drug-likeness (QED) is 0.620. The van der Waals surface area contributed by atoms with E-state index in [9.17, 15) is 0 Å². The van der Waals surface area contributed by atoms with Crippen LogP contribution in [0.3, 0.4) is 0 Å². The smallest absolute Gasteiger partial charge is 0.178 e. The van der Waals surface area contributed by atoms with Gasteiger partial charge in [-0.3, -0.25) is 0 Å². The molecule has 0 spiro atoms. The van der Waals surface area contributed by atoms with E-state index in [1.165, 1.54) is 41.6 Å². The fourth-order valence-electron chi connectivity index (χ4n) is 3.06. The fourth-order valence-corrected chi connectivity index (χ4v) is 3.83. The zero-order valence-electron chi connectivity index (χ0n) is 11.7. The van der Waals surface area contributed by atoms with Gasteiger partial charge in [-0.1, -0.05) is 6.92 Å². The number of benzene rings is 1. The number of fused-ring (bicyclic) bond motifs is 1. The second-order valence-corrected chi connectivity index (χ2v) is 7.21. The molecule has 0 bridgehead atoms. The van der Waals surface area contributed by atoms with E-state index in [1.807, 2.05) is 0 Å². The lowest BCUT2D eigenvalue weighted by molar-refractivity contribution is 0.181. The van der Waals surface area contributed by atoms with Crippen molar-refractivity contribution in [1.82, 2.24) is 14.5 Å². The maximum atomic E-state index is 5.51. The molecule has 20 heavy (non-hydrogen) atoms. The number of piperidine rings is 1. The van der Waals surface area contributed by atoms with Gasteiger partial charge in [0, 0.05) is 10.1 Å². The molecule has 1 aromatic carbocycles. The Morgan fingerprint density at radius 1 is 1.35 bits per heavy atom.